The van der Waals surface area contributed by atoms with Crippen molar-refractivity contribution in [3.63, 3.8) is 0 Å². The largest absolute Gasteiger partial charge is 0.380 e. The van der Waals surface area contributed by atoms with Crippen molar-refractivity contribution in [3.05, 3.63) is 30.1 Å². The van der Waals surface area contributed by atoms with E-state index in [9.17, 15) is 0 Å². The standard InChI is InChI=1S/C11H18N2O/c1-3-14-8-7-13-10(2)11-5-4-6-12-9-11/h4-6,9-10,13H,3,7-8H2,1-2H3/t10-/m1/s1. The smallest absolute Gasteiger partial charge is 0.0590 e. The van der Waals surface area contributed by atoms with Crippen LogP contribution in [0.4, 0.5) is 0 Å². The minimum absolute atomic E-state index is 0.337. The van der Waals surface area contributed by atoms with Crippen molar-refractivity contribution in [3.8, 4) is 0 Å². The van der Waals surface area contributed by atoms with Crippen LogP contribution < -0.4 is 5.32 Å². The number of ether oxygens (including phenoxy) is 1. The van der Waals surface area contributed by atoms with E-state index in [1.165, 1.54) is 5.56 Å². The third-order valence-corrected chi connectivity index (χ3v) is 2.09. The molecule has 0 aliphatic carbocycles. The molecule has 1 aromatic rings. The topological polar surface area (TPSA) is 34.1 Å². The van der Waals surface area contributed by atoms with Gasteiger partial charge in [-0.05, 0) is 25.5 Å². The molecule has 0 saturated carbocycles. The fraction of sp³-hybridized carbons (Fsp3) is 0.545. The number of hydrogen-bond donors (Lipinski definition) is 1. The van der Waals surface area contributed by atoms with Crippen LogP contribution in [0.1, 0.15) is 25.5 Å². The van der Waals surface area contributed by atoms with E-state index < -0.39 is 0 Å². The summed E-state index contributed by atoms with van der Waals surface area (Å²) in [5, 5.41) is 3.37. The van der Waals surface area contributed by atoms with Crippen LogP contribution in [0.2, 0.25) is 0 Å². The zero-order chi connectivity index (χ0) is 10.2. The SMILES string of the molecule is CCOCCN[C@H](C)c1cccnc1. The molecule has 0 spiro atoms. The summed E-state index contributed by atoms with van der Waals surface area (Å²) < 4.78 is 5.24. The number of pyridine rings is 1. The lowest BCUT2D eigenvalue weighted by Crippen LogP contribution is -2.23. The molecule has 0 fully saturated rings. The Bertz CT molecular complexity index is 238. The average Bonchev–Trinajstić information content (AvgIpc) is 2.25. The van der Waals surface area contributed by atoms with Crippen LogP contribution in [0, 0.1) is 0 Å². The van der Waals surface area contributed by atoms with Gasteiger partial charge in [-0.25, -0.2) is 0 Å². The van der Waals surface area contributed by atoms with Crippen LogP contribution in [0.25, 0.3) is 0 Å². The van der Waals surface area contributed by atoms with E-state index in [-0.39, 0.29) is 0 Å². The first-order valence-electron chi connectivity index (χ1n) is 5.05. The molecule has 0 unspecified atom stereocenters. The Kier molecular flexibility index (Phi) is 5.19. The van der Waals surface area contributed by atoms with Crippen LogP contribution in [0.15, 0.2) is 24.5 Å². The molecule has 0 saturated heterocycles. The van der Waals surface area contributed by atoms with Gasteiger partial charge in [0.2, 0.25) is 0 Å². The molecular formula is C11H18N2O. The number of nitrogens with zero attached hydrogens (tertiary/aromatic N) is 1. The van der Waals surface area contributed by atoms with Gasteiger partial charge in [0.05, 0.1) is 6.61 Å². The van der Waals surface area contributed by atoms with E-state index >= 15 is 0 Å². The molecule has 0 aliphatic heterocycles. The maximum atomic E-state index is 5.24. The second-order valence-corrected chi connectivity index (χ2v) is 3.16. The molecular weight excluding hydrogens is 176 g/mol. The molecule has 0 aliphatic rings. The van der Waals surface area contributed by atoms with Gasteiger partial charge in [-0.15, -0.1) is 0 Å². The summed E-state index contributed by atoms with van der Waals surface area (Å²) in [6.07, 6.45) is 3.68. The van der Waals surface area contributed by atoms with E-state index in [0.29, 0.717) is 6.04 Å². The normalized spacial score (nSPS) is 12.7. The summed E-state index contributed by atoms with van der Waals surface area (Å²) in [5.41, 5.74) is 1.21. The molecule has 0 bridgehead atoms. The molecule has 1 rings (SSSR count). The number of nitrogens with one attached hydrogen (secondary N) is 1. The zero-order valence-corrected chi connectivity index (χ0v) is 8.86. The van der Waals surface area contributed by atoms with E-state index in [0.717, 1.165) is 19.8 Å². The fourth-order valence-corrected chi connectivity index (χ4v) is 1.24. The Morgan fingerprint density at radius 1 is 1.57 bits per heavy atom. The summed E-state index contributed by atoms with van der Waals surface area (Å²) in [4.78, 5) is 4.08. The number of hydrogen-bond acceptors (Lipinski definition) is 3. The summed E-state index contributed by atoms with van der Waals surface area (Å²) in [7, 11) is 0. The van der Waals surface area contributed by atoms with Gasteiger partial charge in [0.15, 0.2) is 0 Å². The summed E-state index contributed by atoms with van der Waals surface area (Å²) in [6.45, 7) is 6.56. The van der Waals surface area contributed by atoms with E-state index in [4.69, 9.17) is 4.74 Å². The van der Waals surface area contributed by atoms with Crippen molar-refractivity contribution >= 4 is 0 Å². The van der Waals surface area contributed by atoms with Gasteiger partial charge < -0.3 is 10.1 Å². The predicted octanol–water partition coefficient (Wildman–Crippen LogP) is 1.77. The van der Waals surface area contributed by atoms with Gasteiger partial charge in [-0.2, -0.15) is 0 Å². The second kappa shape index (κ2) is 6.51. The highest BCUT2D eigenvalue weighted by Gasteiger charge is 2.02. The lowest BCUT2D eigenvalue weighted by atomic mass is 10.1. The molecule has 3 heteroatoms. The van der Waals surface area contributed by atoms with Crippen molar-refractivity contribution in [1.82, 2.24) is 10.3 Å². The Morgan fingerprint density at radius 3 is 3.07 bits per heavy atom. The van der Waals surface area contributed by atoms with Crippen molar-refractivity contribution in [1.29, 1.82) is 0 Å². The third-order valence-electron chi connectivity index (χ3n) is 2.09. The van der Waals surface area contributed by atoms with Crippen LogP contribution in [0.5, 0.6) is 0 Å². The number of rotatable bonds is 6. The average molecular weight is 194 g/mol. The Balaban J connectivity index is 2.25. The van der Waals surface area contributed by atoms with E-state index in [1.807, 2.05) is 19.2 Å². The van der Waals surface area contributed by atoms with Crippen molar-refractivity contribution < 1.29 is 4.74 Å². The molecule has 14 heavy (non-hydrogen) atoms. The van der Waals surface area contributed by atoms with E-state index in [2.05, 4.69) is 23.3 Å². The molecule has 0 aromatic carbocycles. The maximum absolute atomic E-state index is 5.24. The first kappa shape index (κ1) is 11.1. The Morgan fingerprint density at radius 2 is 2.43 bits per heavy atom. The Hall–Kier alpha value is -0.930. The highest BCUT2D eigenvalue weighted by molar-refractivity contribution is 5.12. The Labute approximate surface area is 85.5 Å². The molecule has 1 N–H and O–H groups in total. The third kappa shape index (κ3) is 3.85. The molecule has 0 radical (unpaired) electrons. The molecule has 78 valence electrons. The molecule has 1 atom stereocenters. The first-order chi connectivity index (χ1) is 6.84. The molecule has 3 nitrogen and oxygen atoms in total. The minimum atomic E-state index is 0.337. The van der Waals surface area contributed by atoms with Gasteiger partial charge in [0.25, 0.3) is 0 Å². The van der Waals surface area contributed by atoms with Gasteiger partial charge >= 0.3 is 0 Å². The highest BCUT2D eigenvalue weighted by atomic mass is 16.5. The predicted molar refractivity (Wildman–Crippen MR) is 57.1 cm³/mol. The quantitative estimate of drug-likeness (QED) is 0.701. The number of aromatic nitrogens is 1. The molecule has 1 heterocycles. The lowest BCUT2D eigenvalue weighted by Gasteiger charge is -2.13. The molecule has 1 aromatic heterocycles. The highest BCUT2D eigenvalue weighted by Crippen LogP contribution is 2.08. The minimum Gasteiger partial charge on any atom is -0.380 e. The summed E-state index contributed by atoms with van der Waals surface area (Å²) >= 11 is 0. The zero-order valence-electron chi connectivity index (χ0n) is 8.86. The van der Waals surface area contributed by atoms with Crippen molar-refractivity contribution in [2.75, 3.05) is 19.8 Å². The van der Waals surface area contributed by atoms with Gasteiger partial charge in [0.1, 0.15) is 0 Å². The fourth-order valence-electron chi connectivity index (χ4n) is 1.24. The van der Waals surface area contributed by atoms with E-state index in [1.54, 1.807) is 6.20 Å². The lowest BCUT2D eigenvalue weighted by molar-refractivity contribution is 0.147. The van der Waals surface area contributed by atoms with Crippen molar-refractivity contribution in [2.45, 2.75) is 19.9 Å². The molecule has 0 amide bonds. The monoisotopic (exact) mass is 194 g/mol. The van der Waals surface area contributed by atoms with Crippen LogP contribution in [-0.4, -0.2) is 24.7 Å². The second-order valence-electron chi connectivity index (χ2n) is 3.16. The summed E-state index contributed by atoms with van der Waals surface area (Å²) in [6, 6.07) is 4.37. The van der Waals surface area contributed by atoms with Gasteiger partial charge in [-0.1, -0.05) is 6.07 Å². The first-order valence-corrected chi connectivity index (χ1v) is 5.05. The summed E-state index contributed by atoms with van der Waals surface area (Å²) in [5.74, 6) is 0. The maximum Gasteiger partial charge on any atom is 0.0590 e. The van der Waals surface area contributed by atoms with Crippen LogP contribution in [-0.2, 0) is 4.74 Å². The van der Waals surface area contributed by atoms with Gasteiger partial charge in [0, 0.05) is 31.6 Å². The van der Waals surface area contributed by atoms with Crippen molar-refractivity contribution in [2.24, 2.45) is 0 Å². The van der Waals surface area contributed by atoms with Crippen LogP contribution >= 0.6 is 0 Å². The van der Waals surface area contributed by atoms with Gasteiger partial charge in [-0.3, -0.25) is 4.98 Å². The van der Waals surface area contributed by atoms with Crippen LogP contribution in [0.3, 0.4) is 0 Å².